The van der Waals surface area contributed by atoms with Gasteiger partial charge in [0.2, 0.25) is 0 Å². The summed E-state index contributed by atoms with van der Waals surface area (Å²) in [4.78, 5) is 4.49. The third-order valence-electron chi connectivity index (χ3n) is 3.80. The van der Waals surface area contributed by atoms with E-state index in [1.54, 1.807) is 16.4 Å². The van der Waals surface area contributed by atoms with Crippen LogP contribution in [0.4, 0.5) is 0 Å². The number of rotatable bonds is 4. The van der Waals surface area contributed by atoms with Gasteiger partial charge in [-0.1, -0.05) is 30.0 Å². The summed E-state index contributed by atoms with van der Waals surface area (Å²) >= 11 is 1.55. The van der Waals surface area contributed by atoms with Gasteiger partial charge in [-0.3, -0.25) is 4.40 Å². The molecule has 3 heterocycles. The molecular formula is C16H16N8S. The first kappa shape index (κ1) is 15.7. The van der Waals surface area contributed by atoms with Crippen LogP contribution in [0, 0.1) is 13.8 Å². The second-order valence-corrected chi connectivity index (χ2v) is 6.97. The van der Waals surface area contributed by atoms with Gasteiger partial charge < -0.3 is 0 Å². The van der Waals surface area contributed by atoms with Crippen LogP contribution in [0.15, 0.2) is 41.6 Å². The number of benzene rings is 1. The minimum absolute atomic E-state index is 0.0108. The summed E-state index contributed by atoms with van der Waals surface area (Å²) in [5.74, 6) is 1.61. The van der Waals surface area contributed by atoms with E-state index in [0.717, 1.165) is 33.8 Å². The summed E-state index contributed by atoms with van der Waals surface area (Å²) in [5.41, 5.74) is 2.65. The molecule has 0 fully saturated rings. The van der Waals surface area contributed by atoms with Gasteiger partial charge in [0.05, 0.1) is 10.9 Å². The molecule has 0 unspecified atom stereocenters. The number of aryl methyl sites for hydroxylation is 2. The van der Waals surface area contributed by atoms with Crippen molar-refractivity contribution in [1.82, 2.24) is 39.8 Å². The fourth-order valence-electron chi connectivity index (χ4n) is 2.69. The predicted molar refractivity (Wildman–Crippen MR) is 93.7 cm³/mol. The number of nitrogens with zero attached hydrogens (tertiary/aromatic N) is 8. The summed E-state index contributed by atoms with van der Waals surface area (Å²) in [6.07, 6.45) is 0. The lowest BCUT2D eigenvalue weighted by molar-refractivity contribution is 0.760. The van der Waals surface area contributed by atoms with Gasteiger partial charge in [0.15, 0.2) is 16.6 Å². The monoisotopic (exact) mass is 352 g/mol. The van der Waals surface area contributed by atoms with Crippen LogP contribution in [0.5, 0.6) is 0 Å². The maximum absolute atomic E-state index is 4.49. The van der Waals surface area contributed by atoms with Crippen LogP contribution in [0.25, 0.3) is 11.3 Å². The summed E-state index contributed by atoms with van der Waals surface area (Å²) in [7, 11) is 0. The van der Waals surface area contributed by atoms with Crippen LogP contribution in [-0.4, -0.2) is 39.8 Å². The molecule has 0 amide bonds. The van der Waals surface area contributed by atoms with E-state index in [9.17, 15) is 0 Å². The molecule has 0 bridgehead atoms. The Morgan fingerprint density at radius 2 is 1.84 bits per heavy atom. The molecule has 4 rings (SSSR count). The highest BCUT2D eigenvalue weighted by Crippen LogP contribution is 2.33. The molecule has 0 saturated heterocycles. The SMILES string of the molecule is Cc1cc2nnc(S[C@@H](C)c3nnnn3-c3ccccc3)n2c(C)n1. The standard InChI is InChI=1S/C16H16N8S/c1-10-9-14-18-20-16(23(14)12(3)17-10)25-11(2)15-19-21-22-24(15)13-7-5-4-6-8-13/h4-9,11H,1-3H3/t11-/m0/s1. The largest absolute Gasteiger partial charge is 0.258 e. The second kappa shape index (κ2) is 6.25. The van der Waals surface area contributed by atoms with Crippen molar-refractivity contribution < 1.29 is 0 Å². The van der Waals surface area contributed by atoms with Gasteiger partial charge in [0.25, 0.3) is 0 Å². The van der Waals surface area contributed by atoms with Crippen LogP contribution in [-0.2, 0) is 0 Å². The Morgan fingerprint density at radius 1 is 1.04 bits per heavy atom. The van der Waals surface area contributed by atoms with Gasteiger partial charge in [-0.25, -0.2) is 4.98 Å². The summed E-state index contributed by atoms with van der Waals surface area (Å²) in [5, 5.41) is 21.5. The third kappa shape index (κ3) is 2.86. The molecule has 0 radical (unpaired) electrons. The van der Waals surface area contributed by atoms with Gasteiger partial charge in [0, 0.05) is 11.8 Å². The number of aromatic nitrogens is 8. The molecule has 4 aromatic rings. The first-order chi connectivity index (χ1) is 12.1. The molecule has 9 heteroatoms. The van der Waals surface area contributed by atoms with Crippen LogP contribution >= 0.6 is 11.8 Å². The van der Waals surface area contributed by atoms with E-state index in [4.69, 9.17) is 0 Å². The Labute approximate surface area is 148 Å². The quantitative estimate of drug-likeness (QED) is 0.522. The van der Waals surface area contributed by atoms with Gasteiger partial charge in [-0.2, -0.15) is 4.68 Å². The summed E-state index contributed by atoms with van der Waals surface area (Å²) < 4.78 is 3.70. The predicted octanol–water partition coefficient (Wildman–Crippen LogP) is 2.57. The van der Waals surface area contributed by atoms with Crippen molar-refractivity contribution in [3.8, 4) is 5.69 Å². The zero-order valence-corrected chi connectivity index (χ0v) is 14.8. The van der Waals surface area contributed by atoms with Crippen molar-refractivity contribution >= 4 is 17.4 Å². The smallest absolute Gasteiger partial charge is 0.197 e. The Bertz CT molecular complexity index is 1020. The first-order valence-corrected chi connectivity index (χ1v) is 8.71. The number of tetrazole rings is 1. The first-order valence-electron chi connectivity index (χ1n) is 7.83. The van der Waals surface area contributed by atoms with Crippen molar-refractivity contribution in [1.29, 1.82) is 0 Å². The molecule has 1 aromatic carbocycles. The van der Waals surface area contributed by atoms with Crippen LogP contribution in [0.2, 0.25) is 0 Å². The lowest BCUT2D eigenvalue weighted by Crippen LogP contribution is -2.06. The molecule has 1 atom stereocenters. The molecular weight excluding hydrogens is 336 g/mol. The van der Waals surface area contributed by atoms with Gasteiger partial charge >= 0.3 is 0 Å². The fourth-order valence-corrected chi connectivity index (χ4v) is 3.68. The van der Waals surface area contributed by atoms with E-state index in [1.165, 1.54) is 0 Å². The van der Waals surface area contributed by atoms with Crippen molar-refractivity contribution in [3.05, 3.63) is 53.7 Å². The van der Waals surface area contributed by atoms with Crippen molar-refractivity contribution in [2.24, 2.45) is 0 Å². The van der Waals surface area contributed by atoms with Crippen molar-refractivity contribution in [3.63, 3.8) is 0 Å². The molecule has 126 valence electrons. The van der Waals surface area contributed by atoms with Crippen molar-refractivity contribution in [2.75, 3.05) is 0 Å². The van der Waals surface area contributed by atoms with E-state index in [1.807, 2.05) is 61.6 Å². The van der Waals surface area contributed by atoms with E-state index in [2.05, 4.69) is 30.7 Å². The second-order valence-electron chi connectivity index (χ2n) is 5.67. The third-order valence-corrected chi connectivity index (χ3v) is 4.84. The van der Waals surface area contributed by atoms with E-state index < -0.39 is 0 Å². The van der Waals surface area contributed by atoms with Crippen molar-refractivity contribution in [2.45, 2.75) is 31.2 Å². The fraction of sp³-hybridized carbons (Fsp3) is 0.250. The van der Waals surface area contributed by atoms with E-state index in [0.29, 0.717) is 0 Å². The molecule has 0 N–H and O–H groups in total. The summed E-state index contributed by atoms with van der Waals surface area (Å²) in [6.45, 7) is 5.95. The number of thioether (sulfide) groups is 1. The number of hydrogen-bond donors (Lipinski definition) is 0. The lowest BCUT2D eigenvalue weighted by Gasteiger charge is -2.11. The zero-order chi connectivity index (χ0) is 17.4. The zero-order valence-electron chi connectivity index (χ0n) is 14.0. The highest BCUT2D eigenvalue weighted by atomic mass is 32.2. The lowest BCUT2D eigenvalue weighted by atomic mass is 10.3. The molecule has 0 saturated carbocycles. The average Bonchev–Trinajstić information content (AvgIpc) is 3.23. The minimum Gasteiger partial charge on any atom is -0.258 e. The Kier molecular flexibility index (Phi) is 3.92. The molecule has 0 aliphatic carbocycles. The molecule has 3 aromatic heterocycles. The van der Waals surface area contributed by atoms with Crippen LogP contribution in [0.1, 0.15) is 29.5 Å². The topological polar surface area (TPSA) is 86.7 Å². The average molecular weight is 352 g/mol. The van der Waals surface area contributed by atoms with E-state index in [-0.39, 0.29) is 5.25 Å². The molecule has 8 nitrogen and oxygen atoms in total. The minimum atomic E-state index is -0.0108. The van der Waals surface area contributed by atoms with Crippen LogP contribution < -0.4 is 0 Å². The molecule has 25 heavy (non-hydrogen) atoms. The van der Waals surface area contributed by atoms with E-state index >= 15 is 0 Å². The molecule has 0 spiro atoms. The Balaban J connectivity index is 1.68. The molecule has 0 aliphatic rings. The van der Waals surface area contributed by atoms with Gasteiger partial charge in [-0.15, -0.1) is 15.3 Å². The van der Waals surface area contributed by atoms with Gasteiger partial charge in [-0.05, 0) is 43.3 Å². The maximum atomic E-state index is 4.49. The Hall–Kier alpha value is -2.81. The number of hydrogen-bond acceptors (Lipinski definition) is 7. The number of para-hydroxylation sites is 1. The number of fused-ring (bicyclic) bond motifs is 1. The van der Waals surface area contributed by atoms with Crippen LogP contribution in [0.3, 0.4) is 0 Å². The highest BCUT2D eigenvalue weighted by Gasteiger charge is 2.20. The Morgan fingerprint density at radius 3 is 2.64 bits per heavy atom. The normalized spacial score (nSPS) is 12.6. The van der Waals surface area contributed by atoms with Gasteiger partial charge in [0.1, 0.15) is 5.82 Å². The molecule has 0 aliphatic heterocycles. The maximum Gasteiger partial charge on any atom is 0.197 e. The highest BCUT2D eigenvalue weighted by molar-refractivity contribution is 7.99. The summed E-state index contributed by atoms with van der Waals surface area (Å²) in [6, 6.07) is 11.7.